The van der Waals surface area contributed by atoms with Gasteiger partial charge in [-0.2, -0.15) is 5.10 Å². The summed E-state index contributed by atoms with van der Waals surface area (Å²) in [6.07, 6.45) is 6.79. The molecule has 0 radical (unpaired) electrons. The Hall–Kier alpha value is -2.69. The highest BCUT2D eigenvalue weighted by Crippen LogP contribution is 2.29. The Kier molecular flexibility index (Phi) is 4.92. The number of nitrogens with zero attached hydrogens (tertiary/aromatic N) is 4. The zero-order valence-corrected chi connectivity index (χ0v) is 16.1. The van der Waals surface area contributed by atoms with E-state index in [0.717, 1.165) is 55.8 Å². The van der Waals surface area contributed by atoms with E-state index in [2.05, 4.69) is 41.3 Å². The lowest BCUT2D eigenvalue weighted by Crippen LogP contribution is -2.38. The summed E-state index contributed by atoms with van der Waals surface area (Å²) >= 11 is 0. The predicted molar refractivity (Wildman–Crippen MR) is 107 cm³/mol. The van der Waals surface area contributed by atoms with Crippen LogP contribution in [0.2, 0.25) is 0 Å². The van der Waals surface area contributed by atoms with Crippen molar-refractivity contribution in [2.24, 2.45) is 0 Å². The molecule has 0 unspecified atom stereocenters. The fourth-order valence-electron chi connectivity index (χ4n) is 3.94. The van der Waals surface area contributed by atoms with E-state index in [1.54, 1.807) is 0 Å². The van der Waals surface area contributed by atoms with Crippen LogP contribution in [0.3, 0.4) is 0 Å². The van der Waals surface area contributed by atoms with E-state index in [1.807, 2.05) is 35.0 Å². The third-order valence-electron chi connectivity index (χ3n) is 5.48. The number of pyridine rings is 1. The van der Waals surface area contributed by atoms with Gasteiger partial charge in [-0.25, -0.2) is 0 Å². The molecule has 1 fully saturated rings. The molecule has 1 aromatic carbocycles. The van der Waals surface area contributed by atoms with Gasteiger partial charge in [0.2, 0.25) is 0 Å². The molecule has 27 heavy (non-hydrogen) atoms. The molecule has 4 rings (SSSR count). The summed E-state index contributed by atoms with van der Waals surface area (Å²) in [5.41, 5.74) is 2.71. The van der Waals surface area contributed by atoms with Gasteiger partial charge in [0.25, 0.3) is 5.91 Å². The lowest BCUT2D eigenvalue weighted by atomic mass is 9.92. The average molecular weight is 362 g/mol. The van der Waals surface area contributed by atoms with Gasteiger partial charge in [0.15, 0.2) is 0 Å². The highest BCUT2D eigenvalue weighted by molar-refractivity contribution is 5.95. The van der Waals surface area contributed by atoms with Gasteiger partial charge >= 0.3 is 0 Å². The van der Waals surface area contributed by atoms with Crippen LogP contribution in [-0.4, -0.2) is 38.7 Å². The zero-order chi connectivity index (χ0) is 18.8. The number of aromatic nitrogens is 3. The number of hydrogen-bond acceptors (Lipinski definition) is 3. The number of likely N-dealkylation sites (tertiary alicyclic amines) is 1. The van der Waals surface area contributed by atoms with Gasteiger partial charge in [0.1, 0.15) is 0 Å². The summed E-state index contributed by atoms with van der Waals surface area (Å²) in [7, 11) is 0. The quantitative estimate of drug-likeness (QED) is 0.700. The second-order valence-corrected chi connectivity index (χ2v) is 7.41. The molecule has 1 saturated heterocycles. The number of amides is 1. The first kappa shape index (κ1) is 17.7. The van der Waals surface area contributed by atoms with Crippen molar-refractivity contribution in [2.75, 3.05) is 13.1 Å². The maximum absolute atomic E-state index is 12.9. The summed E-state index contributed by atoms with van der Waals surface area (Å²) in [4.78, 5) is 19.6. The average Bonchev–Trinajstić information content (AvgIpc) is 3.07. The SMILES string of the molecule is CCCn1cc(C(=O)N2CCC(c3cc4ccccc4cn3)CC2)c(C)n1. The van der Waals surface area contributed by atoms with Gasteiger partial charge < -0.3 is 4.90 Å². The standard InChI is InChI=1S/C22H26N4O/c1-3-10-26-15-20(16(2)24-26)22(27)25-11-8-17(9-12-25)21-13-18-6-4-5-7-19(18)14-23-21/h4-7,13-15,17H,3,8-12H2,1-2H3. The molecule has 1 aliphatic rings. The van der Waals surface area contributed by atoms with Gasteiger partial charge in [-0.05, 0) is 37.6 Å². The van der Waals surface area contributed by atoms with Crippen LogP contribution in [0, 0.1) is 6.92 Å². The minimum atomic E-state index is 0.111. The van der Waals surface area contributed by atoms with Gasteiger partial charge in [-0.3, -0.25) is 14.5 Å². The van der Waals surface area contributed by atoms with E-state index in [4.69, 9.17) is 0 Å². The Morgan fingerprint density at radius 1 is 1.19 bits per heavy atom. The van der Waals surface area contributed by atoms with Crippen LogP contribution >= 0.6 is 0 Å². The number of rotatable bonds is 4. The molecule has 0 N–H and O–H groups in total. The largest absolute Gasteiger partial charge is 0.338 e. The van der Waals surface area contributed by atoms with E-state index < -0.39 is 0 Å². The normalized spacial score (nSPS) is 15.4. The molecule has 2 aromatic heterocycles. The molecular weight excluding hydrogens is 336 g/mol. The Bertz CT molecular complexity index is 954. The van der Waals surface area contributed by atoms with Crippen molar-refractivity contribution in [1.29, 1.82) is 0 Å². The Balaban J connectivity index is 1.44. The number of fused-ring (bicyclic) bond motifs is 1. The third kappa shape index (κ3) is 3.59. The van der Waals surface area contributed by atoms with E-state index in [-0.39, 0.29) is 5.91 Å². The minimum Gasteiger partial charge on any atom is -0.338 e. The summed E-state index contributed by atoms with van der Waals surface area (Å²) in [5.74, 6) is 0.530. The summed E-state index contributed by atoms with van der Waals surface area (Å²) in [6, 6.07) is 10.5. The molecule has 5 heteroatoms. The predicted octanol–water partition coefficient (Wildman–Crippen LogP) is 4.17. The summed E-state index contributed by atoms with van der Waals surface area (Å²) < 4.78 is 1.88. The molecule has 3 heterocycles. The van der Waals surface area contributed by atoms with Crippen LogP contribution < -0.4 is 0 Å². The zero-order valence-electron chi connectivity index (χ0n) is 16.1. The molecule has 0 atom stereocenters. The molecule has 1 amide bonds. The van der Waals surface area contributed by atoms with Crippen molar-refractivity contribution in [3.05, 3.63) is 59.7 Å². The van der Waals surface area contributed by atoms with Gasteiger partial charge in [-0.15, -0.1) is 0 Å². The van der Waals surface area contributed by atoms with Gasteiger partial charge in [-0.1, -0.05) is 31.2 Å². The van der Waals surface area contributed by atoms with Crippen molar-refractivity contribution >= 4 is 16.7 Å². The number of aryl methyl sites for hydroxylation is 2. The fraction of sp³-hybridized carbons (Fsp3) is 0.409. The Morgan fingerprint density at radius 2 is 1.93 bits per heavy atom. The molecule has 0 saturated carbocycles. The van der Waals surface area contributed by atoms with Crippen LogP contribution in [0.5, 0.6) is 0 Å². The first-order valence-electron chi connectivity index (χ1n) is 9.83. The topological polar surface area (TPSA) is 51.0 Å². The fourth-order valence-corrected chi connectivity index (χ4v) is 3.94. The van der Waals surface area contributed by atoms with E-state index in [9.17, 15) is 4.79 Å². The number of piperidine rings is 1. The maximum atomic E-state index is 12.9. The van der Waals surface area contributed by atoms with E-state index >= 15 is 0 Å². The Labute approximate surface area is 160 Å². The van der Waals surface area contributed by atoms with Crippen molar-refractivity contribution in [2.45, 2.75) is 45.6 Å². The van der Waals surface area contributed by atoms with Crippen molar-refractivity contribution < 1.29 is 4.79 Å². The molecule has 1 aliphatic heterocycles. The van der Waals surface area contributed by atoms with E-state index in [0.29, 0.717) is 5.92 Å². The molecule has 140 valence electrons. The van der Waals surface area contributed by atoms with Crippen LogP contribution in [-0.2, 0) is 6.54 Å². The smallest absolute Gasteiger partial charge is 0.257 e. The number of carbonyl (C=O) groups is 1. The second-order valence-electron chi connectivity index (χ2n) is 7.41. The van der Waals surface area contributed by atoms with Crippen molar-refractivity contribution in [1.82, 2.24) is 19.7 Å². The lowest BCUT2D eigenvalue weighted by Gasteiger charge is -2.31. The molecule has 0 spiro atoms. The van der Waals surface area contributed by atoms with Crippen molar-refractivity contribution in [3.63, 3.8) is 0 Å². The highest BCUT2D eigenvalue weighted by Gasteiger charge is 2.27. The van der Waals surface area contributed by atoms with Gasteiger partial charge in [0, 0.05) is 49.0 Å². The van der Waals surface area contributed by atoms with Crippen LogP contribution in [0.1, 0.15) is 53.8 Å². The summed E-state index contributed by atoms with van der Waals surface area (Å²) in [6.45, 7) is 6.44. The van der Waals surface area contributed by atoms with E-state index in [1.165, 1.54) is 10.8 Å². The number of carbonyl (C=O) groups excluding carboxylic acids is 1. The monoisotopic (exact) mass is 362 g/mol. The first-order valence-corrected chi connectivity index (χ1v) is 9.83. The van der Waals surface area contributed by atoms with Crippen LogP contribution in [0.25, 0.3) is 10.8 Å². The van der Waals surface area contributed by atoms with Crippen molar-refractivity contribution in [3.8, 4) is 0 Å². The van der Waals surface area contributed by atoms with Crippen LogP contribution in [0.15, 0.2) is 42.7 Å². The second kappa shape index (κ2) is 7.51. The number of hydrogen-bond donors (Lipinski definition) is 0. The number of benzene rings is 1. The van der Waals surface area contributed by atoms with Crippen LogP contribution in [0.4, 0.5) is 0 Å². The first-order chi connectivity index (χ1) is 13.2. The highest BCUT2D eigenvalue weighted by atomic mass is 16.2. The molecular formula is C22H26N4O. The lowest BCUT2D eigenvalue weighted by molar-refractivity contribution is 0.0711. The molecule has 3 aromatic rings. The minimum absolute atomic E-state index is 0.111. The molecule has 0 bridgehead atoms. The summed E-state index contributed by atoms with van der Waals surface area (Å²) in [5, 5.41) is 6.88. The Morgan fingerprint density at radius 3 is 2.67 bits per heavy atom. The van der Waals surface area contributed by atoms with Gasteiger partial charge in [0.05, 0.1) is 11.3 Å². The molecule has 0 aliphatic carbocycles. The molecule has 5 nitrogen and oxygen atoms in total. The third-order valence-corrected chi connectivity index (χ3v) is 5.48. The maximum Gasteiger partial charge on any atom is 0.257 e.